The molecule has 0 saturated carbocycles. The van der Waals surface area contributed by atoms with E-state index in [9.17, 15) is 9.59 Å². The molecule has 2 heterocycles. The largest absolute Gasteiger partial charge is 0.481 e. The minimum Gasteiger partial charge on any atom is -0.481 e. The standard InChI is InChI=1S/C7H8O2S.C6H6O2S.CH4O/c1-9-7(8)4-6-2-3-10-5-6;7-6(8)3-5-1-2-9-4-5;1-2/h2-3,5H,4H2,1H3;1-2,4H,3H2,(H,7,8);2H,1H3. The van der Waals surface area contributed by atoms with E-state index >= 15 is 0 Å². The summed E-state index contributed by atoms with van der Waals surface area (Å²) >= 11 is 3.10. The second-order valence-corrected chi connectivity index (χ2v) is 5.15. The Kier molecular flexibility index (Phi) is 11.1. The Balaban J connectivity index is 0.000000342. The maximum atomic E-state index is 10.7. The summed E-state index contributed by atoms with van der Waals surface area (Å²) in [7, 11) is 2.40. The highest BCUT2D eigenvalue weighted by atomic mass is 32.1. The molecule has 0 radical (unpaired) electrons. The number of ether oxygens (including phenoxy) is 1. The van der Waals surface area contributed by atoms with Crippen LogP contribution >= 0.6 is 22.7 Å². The lowest BCUT2D eigenvalue weighted by Gasteiger charge is -1.93. The van der Waals surface area contributed by atoms with E-state index in [4.69, 9.17) is 10.2 Å². The van der Waals surface area contributed by atoms with Gasteiger partial charge in [-0.25, -0.2) is 0 Å². The minimum atomic E-state index is -0.770. The molecular formula is C14H18O5S2. The van der Waals surface area contributed by atoms with Gasteiger partial charge in [-0.2, -0.15) is 22.7 Å². The van der Waals surface area contributed by atoms with Gasteiger partial charge in [-0.05, 0) is 44.8 Å². The molecule has 0 fully saturated rings. The number of carboxylic acid groups (broad SMARTS) is 1. The van der Waals surface area contributed by atoms with Crippen molar-refractivity contribution in [1.29, 1.82) is 0 Å². The average Bonchev–Trinajstić information content (AvgIpc) is 3.15. The molecule has 0 unspecified atom stereocenters. The maximum Gasteiger partial charge on any atom is 0.310 e. The molecule has 2 aromatic heterocycles. The van der Waals surface area contributed by atoms with Crippen LogP contribution in [0.4, 0.5) is 0 Å². The van der Waals surface area contributed by atoms with Gasteiger partial charge in [0.05, 0.1) is 20.0 Å². The highest BCUT2D eigenvalue weighted by molar-refractivity contribution is 7.08. The van der Waals surface area contributed by atoms with Gasteiger partial charge < -0.3 is 14.9 Å². The zero-order valence-electron chi connectivity index (χ0n) is 11.8. The normalized spacial score (nSPS) is 8.71. The van der Waals surface area contributed by atoms with Crippen molar-refractivity contribution < 1.29 is 24.5 Å². The number of esters is 1. The van der Waals surface area contributed by atoms with Gasteiger partial charge in [0.1, 0.15) is 0 Å². The van der Waals surface area contributed by atoms with Crippen LogP contribution in [0.2, 0.25) is 0 Å². The topological polar surface area (TPSA) is 83.8 Å². The Morgan fingerprint density at radius 3 is 1.86 bits per heavy atom. The maximum absolute atomic E-state index is 10.7. The summed E-state index contributed by atoms with van der Waals surface area (Å²) in [6.07, 6.45) is 0.531. The molecular weight excluding hydrogens is 312 g/mol. The minimum absolute atomic E-state index is 0.142. The monoisotopic (exact) mass is 330 g/mol. The van der Waals surface area contributed by atoms with Gasteiger partial charge in [0, 0.05) is 7.11 Å². The lowest BCUT2D eigenvalue weighted by atomic mass is 10.2. The van der Waals surface area contributed by atoms with Gasteiger partial charge >= 0.3 is 11.9 Å². The van der Waals surface area contributed by atoms with Crippen LogP contribution in [-0.2, 0) is 27.2 Å². The van der Waals surface area contributed by atoms with Crippen LogP contribution in [0.15, 0.2) is 33.7 Å². The molecule has 0 aliphatic heterocycles. The molecule has 2 rings (SSSR count). The van der Waals surface area contributed by atoms with Crippen molar-refractivity contribution in [3.05, 3.63) is 44.8 Å². The van der Waals surface area contributed by atoms with Crippen molar-refractivity contribution in [3.63, 3.8) is 0 Å². The van der Waals surface area contributed by atoms with Crippen molar-refractivity contribution in [2.45, 2.75) is 12.8 Å². The van der Waals surface area contributed by atoms with Crippen molar-refractivity contribution >= 4 is 34.6 Å². The van der Waals surface area contributed by atoms with E-state index in [1.165, 1.54) is 18.4 Å². The van der Waals surface area contributed by atoms with E-state index in [1.54, 1.807) is 11.3 Å². The number of methoxy groups -OCH3 is 1. The first-order valence-electron chi connectivity index (χ1n) is 5.87. The molecule has 0 bridgehead atoms. The summed E-state index contributed by atoms with van der Waals surface area (Å²) in [5.74, 6) is -0.952. The van der Waals surface area contributed by atoms with Crippen LogP contribution in [-0.4, -0.2) is 36.4 Å². The molecule has 0 aromatic carbocycles. The summed E-state index contributed by atoms with van der Waals surface area (Å²) in [5.41, 5.74) is 1.91. The number of carbonyl (C=O) groups excluding carboxylic acids is 1. The van der Waals surface area contributed by atoms with Crippen LogP contribution in [0.25, 0.3) is 0 Å². The zero-order chi connectivity index (χ0) is 16.1. The fourth-order valence-electron chi connectivity index (χ4n) is 1.20. The Morgan fingerprint density at radius 2 is 1.52 bits per heavy atom. The Bertz CT molecular complexity index is 491. The highest BCUT2D eigenvalue weighted by Gasteiger charge is 2.01. The van der Waals surface area contributed by atoms with Crippen molar-refractivity contribution in [2.24, 2.45) is 0 Å². The van der Waals surface area contributed by atoms with E-state index in [0.717, 1.165) is 18.2 Å². The van der Waals surface area contributed by atoms with Gasteiger partial charge in [0.15, 0.2) is 0 Å². The third-order valence-corrected chi connectivity index (χ3v) is 3.56. The number of carbonyl (C=O) groups is 2. The molecule has 7 heteroatoms. The average molecular weight is 330 g/mol. The highest BCUT2D eigenvalue weighted by Crippen LogP contribution is 2.06. The van der Waals surface area contributed by atoms with Gasteiger partial charge in [-0.3, -0.25) is 9.59 Å². The summed E-state index contributed by atoms with van der Waals surface area (Å²) in [6, 6.07) is 3.74. The SMILES string of the molecule is CO.COC(=O)Cc1ccsc1.O=C(O)Cc1ccsc1. The number of hydrogen-bond acceptors (Lipinski definition) is 6. The number of rotatable bonds is 4. The summed E-state index contributed by atoms with van der Waals surface area (Å²) in [4.78, 5) is 20.7. The first kappa shape index (κ1) is 19.3. The van der Waals surface area contributed by atoms with Crippen molar-refractivity contribution in [3.8, 4) is 0 Å². The fraction of sp³-hybridized carbons (Fsp3) is 0.286. The molecule has 116 valence electrons. The fourth-order valence-corrected chi connectivity index (χ4v) is 2.54. The van der Waals surface area contributed by atoms with Gasteiger partial charge in [-0.15, -0.1) is 0 Å². The predicted octanol–water partition coefficient (Wildman–Crippen LogP) is 2.45. The van der Waals surface area contributed by atoms with Crippen LogP contribution in [0.1, 0.15) is 11.1 Å². The van der Waals surface area contributed by atoms with E-state index in [1.807, 2.05) is 33.7 Å². The lowest BCUT2D eigenvalue weighted by molar-refractivity contribution is -0.140. The first-order chi connectivity index (χ1) is 10.1. The quantitative estimate of drug-likeness (QED) is 0.841. The second kappa shape index (κ2) is 12.1. The molecule has 2 N–H and O–H groups in total. The van der Waals surface area contributed by atoms with E-state index in [-0.39, 0.29) is 12.4 Å². The Morgan fingerprint density at radius 1 is 1.05 bits per heavy atom. The molecule has 5 nitrogen and oxygen atoms in total. The number of carboxylic acids is 1. The van der Waals surface area contributed by atoms with Gasteiger partial charge in [-0.1, -0.05) is 0 Å². The van der Waals surface area contributed by atoms with E-state index < -0.39 is 5.97 Å². The molecule has 0 atom stereocenters. The van der Waals surface area contributed by atoms with Crippen molar-refractivity contribution in [1.82, 2.24) is 0 Å². The number of aliphatic carboxylic acids is 1. The molecule has 0 spiro atoms. The third kappa shape index (κ3) is 9.78. The van der Waals surface area contributed by atoms with Crippen LogP contribution in [0.3, 0.4) is 0 Å². The smallest absolute Gasteiger partial charge is 0.310 e. The molecule has 0 aliphatic rings. The molecule has 2 aromatic rings. The zero-order valence-corrected chi connectivity index (χ0v) is 13.4. The summed E-state index contributed by atoms with van der Waals surface area (Å²) in [5, 5.41) is 22.9. The Hall–Kier alpha value is -1.70. The number of hydrogen-bond donors (Lipinski definition) is 2. The number of thiophene rings is 2. The number of aliphatic hydroxyl groups is 1. The van der Waals surface area contributed by atoms with Crippen LogP contribution in [0.5, 0.6) is 0 Å². The molecule has 0 saturated heterocycles. The van der Waals surface area contributed by atoms with E-state index in [0.29, 0.717) is 6.42 Å². The summed E-state index contributed by atoms with van der Waals surface area (Å²) in [6.45, 7) is 0. The lowest BCUT2D eigenvalue weighted by Crippen LogP contribution is -2.02. The predicted molar refractivity (Wildman–Crippen MR) is 83.8 cm³/mol. The van der Waals surface area contributed by atoms with Gasteiger partial charge in [0.2, 0.25) is 0 Å². The molecule has 0 amide bonds. The van der Waals surface area contributed by atoms with E-state index in [2.05, 4.69) is 4.74 Å². The molecule has 0 aliphatic carbocycles. The molecule has 21 heavy (non-hydrogen) atoms. The Labute approximate surface area is 131 Å². The third-order valence-electron chi connectivity index (χ3n) is 2.09. The first-order valence-corrected chi connectivity index (χ1v) is 7.76. The number of aliphatic hydroxyl groups excluding tert-OH is 1. The van der Waals surface area contributed by atoms with Crippen LogP contribution < -0.4 is 0 Å². The summed E-state index contributed by atoms with van der Waals surface area (Å²) < 4.78 is 4.49. The van der Waals surface area contributed by atoms with Gasteiger partial charge in [0.25, 0.3) is 0 Å². The van der Waals surface area contributed by atoms with Crippen LogP contribution in [0, 0.1) is 0 Å². The second-order valence-electron chi connectivity index (χ2n) is 3.59. The van der Waals surface area contributed by atoms with Crippen molar-refractivity contribution in [2.75, 3.05) is 14.2 Å².